The monoisotopic (exact) mass is 291 g/mol. The number of carbonyl (C=O) groups is 1. The number of nitrogens with zero attached hydrogens (tertiary/aromatic N) is 3. The van der Waals surface area contributed by atoms with Crippen LogP contribution in [0.4, 0.5) is 11.6 Å². The SMILES string of the molecule is CCCNc1cc(NCCC(=O)N(C)C)nc(C2CC2)n1. The molecule has 116 valence electrons. The summed E-state index contributed by atoms with van der Waals surface area (Å²) in [5, 5.41) is 6.54. The van der Waals surface area contributed by atoms with Crippen molar-refractivity contribution in [2.45, 2.75) is 38.5 Å². The first-order valence-electron chi connectivity index (χ1n) is 7.67. The van der Waals surface area contributed by atoms with E-state index in [0.29, 0.717) is 18.9 Å². The molecular formula is C15H25N5O. The average Bonchev–Trinajstić information content (AvgIpc) is 3.29. The number of carbonyl (C=O) groups excluding carboxylic acids is 1. The lowest BCUT2D eigenvalue weighted by Gasteiger charge is -2.12. The predicted molar refractivity (Wildman–Crippen MR) is 84.6 cm³/mol. The highest BCUT2D eigenvalue weighted by atomic mass is 16.2. The van der Waals surface area contributed by atoms with Crippen LogP contribution in [-0.4, -0.2) is 48.0 Å². The zero-order chi connectivity index (χ0) is 15.2. The van der Waals surface area contributed by atoms with Crippen molar-refractivity contribution in [2.24, 2.45) is 0 Å². The third-order valence-corrected chi connectivity index (χ3v) is 3.39. The summed E-state index contributed by atoms with van der Waals surface area (Å²) in [7, 11) is 3.54. The standard InChI is InChI=1S/C15H25N5O/c1-4-8-16-12-10-13(17-9-7-14(21)20(2)3)19-15(18-12)11-5-6-11/h10-11H,4-9H2,1-3H3,(H2,16,17,18,19). The quantitative estimate of drug-likeness (QED) is 0.767. The molecule has 0 saturated heterocycles. The molecule has 1 aromatic heterocycles. The Hall–Kier alpha value is -1.85. The van der Waals surface area contributed by atoms with E-state index in [1.165, 1.54) is 12.8 Å². The summed E-state index contributed by atoms with van der Waals surface area (Å²) in [6.45, 7) is 3.62. The first-order valence-corrected chi connectivity index (χ1v) is 7.67. The Morgan fingerprint density at radius 2 is 1.86 bits per heavy atom. The van der Waals surface area contributed by atoms with E-state index in [2.05, 4.69) is 27.5 Å². The molecule has 1 aromatic rings. The molecule has 1 saturated carbocycles. The minimum absolute atomic E-state index is 0.114. The first-order chi connectivity index (χ1) is 10.1. The van der Waals surface area contributed by atoms with Crippen LogP contribution in [0.2, 0.25) is 0 Å². The molecule has 0 unspecified atom stereocenters. The number of hydrogen-bond acceptors (Lipinski definition) is 5. The lowest BCUT2D eigenvalue weighted by atomic mass is 10.3. The van der Waals surface area contributed by atoms with E-state index in [4.69, 9.17) is 0 Å². The van der Waals surface area contributed by atoms with Crippen molar-refractivity contribution in [1.29, 1.82) is 0 Å². The fourth-order valence-electron chi connectivity index (χ4n) is 1.95. The van der Waals surface area contributed by atoms with E-state index in [1.54, 1.807) is 19.0 Å². The highest BCUT2D eigenvalue weighted by Crippen LogP contribution is 2.38. The Balaban J connectivity index is 1.96. The number of hydrogen-bond donors (Lipinski definition) is 2. The number of anilines is 2. The van der Waals surface area contributed by atoms with Crippen molar-refractivity contribution in [3.05, 3.63) is 11.9 Å². The summed E-state index contributed by atoms with van der Waals surface area (Å²) in [4.78, 5) is 22.3. The Morgan fingerprint density at radius 1 is 1.24 bits per heavy atom. The minimum atomic E-state index is 0.114. The van der Waals surface area contributed by atoms with E-state index in [1.807, 2.05) is 6.07 Å². The molecule has 1 aliphatic carbocycles. The van der Waals surface area contributed by atoms with Gasteiger partial charge in [0.15, 0.2) is 0 Å². The normalized spacial score (nSPS) is 13.9. The highest BCUT2D eigenvalue weighted by Gasteiger charge is 2.27. The van der Waals surface area contributed by atoms with Crippen LogP contribution in [0, 0.1) is 0 Å². The fourth-order valence-corrected chi connectivity index (χ4v) is 1.95. The third-order valence-electron chi connectivity index (χ3n) is 3.39. The van der Waals surface area contributed by atoms with Crippen LogP contribution in [-0.2, 0) is 4.79 Å². The van der Waals surface area contributed by atoms with E-state index in [9.17, 15) is 4.79 Å². The summed E-state index contributed by atoms with van der Waals surface area (Å²) in [6.07, 6.45) is 3.88. The van der Waals surface area contributed by atoms with Gasteiger partial charge >= 0.3 is 0 Å². The molecule has 21 heavy (non-hydrogen) atoms. The maximum absolute atomic E-state index is 11.6. The van der Waals surface area contributed by atoms with Gasteiger partial charge in [-0.25, -0.2) is 9.97 Å². The van der Waals surface area contributed by atoms with E-state index in [0.717, 1.165) is 30.4 Å². The average molecular weight is 291 g/mol. The van der Waals surface area contributed by atoms with Crippen LogP contribution in [0.3, 0.4) is 0 Å². The molecule has 6 nitrogen and oxygen atoms in total. The van der Waals surface area contributed by atoms with Crippen LogP contribution < -0.4 is 10.6 Å². The van der Waals surface area contributed by atoms with Gasteiger partial charge in [-0.05, 0) is 19.3 Å². The van der Waals surface area contributed by atoms with Gasteiger partial charge in [-0.2, -0.15) is 0 Å². The number of amides is 1. The zero-order valence-corrected chi connectivity index (χ0v) is 13.1. The Labute approximate surface area is 126 Å². The van der Waals surface area contributed by atoms with Gasteiger partial charge in [0.1, 0.15) is 17.5 Å². The van der Waals surface area contributed by atoms with E-state index in [-0.39, 0.29) is 5.91 Å². The predicted octanol–water partition coefficient (Wildman–Crippen LogP) is 2.07. The van der Waals surface area contributed by atoms with Crippen LogP contribution in [0.15, 0.2) is 6.07 Å². The third kappa shape index (κ3) is 4.88. The molecule has 1 heterocycles. The molecular weight excluding hydrogens is 266 g/mol. The van der Waals surface area contributed by atoms with Crippen molar-refractivity contribution in [3.8, 4) is 0 Å². The van der Waals surface area contributed by atoms with Crippen LogP contribution in [0.25, 0.3) is 0 Å². The Kier molecular flexibility index (Phi) is 5.36. The number of aromatic nitrogens is 2. The van der Waals surface area contributed by atoms with Gasteiger partial charge in [0.25, 0.3) is 0 Å². The molecule has 1 amide bonds. The molecule has 1 aliphatic rings. The summed E-state index contributed by atoms with van der Waals surface area (Å²) in [5.74, 6) is 3.21. The molecule has 6 heteroatoms. The molecule has 2 rings (SSSR count). The van der Waals surface area contributed by atoms with Crippen LogP contribution >= 0.6 is 0 Å². The molecule has 0 bridgehead atoms. The van der Waals surface area contributed by atoms with Crippen molar-refractivity contribution in [2.75, 3.05) is 37.8 Å². The molecule has 0 aromatic carbocycles. The topological polar surface area (TPSA) is 70.2 Å². The fraction of sp³-hybridized carbons (Fsp3) is 0.667. The van der Waals surface area contributed by atoms with Crippen molar-refractivity contribution < 1.29 is 4.79 Å². The van der Waals surface area contributed by atoms with Crippen molar-refractivity contribution >= 4 is 17.5 Å². The zero-order valence-electron chi connectivity index (χ0n) is 13.1. The van der Waals surface area contributed by atoms with Gasteiger partial charge in [0, 0.05) is 45.6 Å². The van der Waals surface area contributed by atoms with Crippen LogP contribution in [0.1, 0.15) is 44.3 Å². The second-order valence-electron chi connectivity index (χ2n) is 5.66. The first kappa shape index (κ1) is 15.5. The largest absolute Gasteiger partial charge is 0.370 e. The summed E-state index contributed by atoms with van der Waals surface area (Å²) < 4.78 is 0. The van der Waals surface area contributed by atoms with E-state index < -0.39 is 0 Å². The van der Waals surface area contributed by atoms with Crippen molar-refractivity contribution in [3.63, 3.8) is 0 Å². The van der Waals surface area contributed by atoms with Crippen molar-refractivity contribution in [1.82, 2.24) is 14.9 Å². The Morgan fingerprint density at radius 3 is 2.38 bits per heavy atom. The smallest absolute Gasteiger partial charge is 0.223 e. The molecule has 1 fully saturated rings. The lowest BCUT2D eigenvalue weighted by molar-refractivity contribution is -0.128. The van der Waals surface area contributed by atoms with Gasteiger partial charge < -0.3 is 15.5 Å². The minimum Gasteiger partial charge on any atom is -0.370 e. The van der Waals surface area contributed by atoms with Gasteiger partial charge in [-0.15, -0.1) is 0 Å². The van der Waals surface area contributed by atoms with Gasteiger partial charge in [0.05, 0.1) is 0 Å². The Bertz CT molecular complexity index is 485. The summed E-state index contributed by atoms with van der Waals surface area (Å²) >= 11 is 0. The maximum atomic E-state index is 11.6. The molecule has 0 spiro atoms. The second kappa shape index (κ2) is 7.24. The molecule has 0 atom stereocenters. The number of nitrogens with one attached hydrogen (secondary N) is 2. The van der Waals surface area contributed by atoms with Gasteiger partial charge in [-0.3, -0.25) is 4.79 Å². The molecule has 2 N–H and O–H groups in total. The summed E-state index contributed by atoms with van der Waals surface area (Å²) in [6, 6.07) is 1.92. The maximum Gasteiger partial charge on any atom is 0.223 e. The van der Waals surface area contributed by atoms with Gasteiger partial charge in [0.2, 0.25) is 5.91 Å². The second-order valence-corrected chi connectivity index (χ2v) is 5.66. The number of rotatable bonds is 8. The highest BCUT2D eigenvalue weighted by molar-refractivity contribution is 5.76. The van der Waals surface area contributed by atoms with Gasteiger partial charge in [-0.1, -0.05) is 6.92 Å². The van der Waals surface area contributed by atoms with E-state index >= 15 is 0 Å². The molecule has 0 radical (unpaired) electrons. The lowest BCUT2D eigenvalue weighted by Crippen LogP contribution is -2.24. The van der Waals surface area contributed by atoms with Crippen LogP contribution in [0.5, 0.6) is 0 Å². The molecule has 0 aliphatic heterocycles. The summed E-state index contributed by atoms with van der Waals surface area (Å²) in [5.41, 5.74) is 0.